The molecule has 2 aromatic rings. The van der Waals surface area contributed by atoms with Gasteiger partial charge < -0.3 is 0 Å². The molecule has 0 fully saturated rings. The number of fused-ring (bicyclic) bond motifs is 1. The molecule has 1 aliphatic rings. The van der Waals surface area contributed by atoms with Crippen LogP contribution in [0.15, 0.2) is 42.6 Å². The summed E-state index contributed by atoms with van der Waals surface area (Å²) in [5.41, 5.74) is 8.06. The van der Waals surface area contributed by atoms with Crippen LogP contribution >= 0.6 is 0 Å². The van der Waals surface area contributed by atoms with Gasteiger partial charge in [0.2, 0.25) is 5.91 Å². The second-order valence-electron chi connectivity index (χ2n) is 7.18. The van der Waals surface area contributed by atoms with Crippen LogP contribution < -0.4 is 10.4 Å². The summed E-state index contributed by atoms with van der Waals surface area (Å²) in [6.07, 6.45) is 8.80. The maximum atomic E-state index is 11.8. The van der Waals surface area contributed by atoms with Gasteiger partial charge in [-0.1, -0.05) is 25.5 Å². The average molecular weight is 351 g/mol. The van der Waals surface area contributed by atoms with Gasteiger partial charge in [-0.25, -0.2) is 0 Å². The van der Waals surface area contributed by atoms with E-state index in [0.29, 0.717) is 0 Å². The standard InChI is InChI=1S/C22H29N3O/c1-3-8-20(22-11-6-7-14-23-22)16-25(24-17(2)26)21-13-12-18-9-4-5-10-19(18)15-21/h6-7,11-15,20H,3-5,8-10,16H2,1-2H3,(H,24,26). The Morgan fingerprint density at radius 3 is 2.69 bits per heavy atom. The molecule has 0 saturated carbocycles. The van der Waals surface area contributed by atoms with Gasteiger partial charge in [-0.15, -0.1) is 0 Å². The number of anilines is 1. The molecular weight excluding hydrogens is 322 g/mol. The summed E-state index contributed by atoms with van der Waals surface area (Å²) in [7, 11) is 0. The Labute approximate surface area is 156 Å². The molecule has 0 spiro atoms. The number of hydrazine groups is 1. The molecular formula is C22H29N3O. The van der Waals surface area contributed by atoms with Crippen LogP contribution in [-0.4, -0.2) is 17.4 Å². The zero-order valence-electron chi connectivity index (χ0n) is 15.9. The van der Waals surface area contributed by atoms with E-state index < -0.39 is 0 Å². The number of carbonyl (C=O) groups excluding carboxylic acids is 1. The number of nitrogens with one attached hydrogen (secondary N) is 1. The van der Waals surface area contributed by atoms with Crippen LogP contribution in [0.1, 0.15) is 62.3 Å². The molecule has 3 rings (SSSR count). The highest BCUT2D eigenvalue weighted by Gasteiger charge is 2.19. The first-order valence-corrected chi connectivity index (χ1v) is 9.75. The van der Waals surface area contributed by atoms with Gasteiger partial charge in [0.05, 0.1) is 5.69 Å². The monoisotopic (exact) mass is 351 g/mol. The Balaban J connectivity index is 1.86. The SMILES string of the molecule is CCCC(CN(NC(C)=O)c1ccc2c(c1)CCCC2)c1ccccn1. The summed E-state index contributed by atoms with van der Waals surface area (Å²) in [5, 5.41) is 2.01. The van der Waals surface area contributed by atoms with Crippen molar-refractivity contribution in [1.82, 2.24) is 10.4 Å². The van der Waals surface area contributed by atoms with Crippen molar-refractivity contribution in [3.8, 4) is 0 Å². The molecule has 1 aromatic heterocycles. The summed E-state index contributed by atoms with van der Waals surface area (Å²) in [5.74, 6) is 0.239. The number of carbonyl (C=O) groups is 1. The van der Waals surface area contributed by atoms with Gasteiger partial charge >= 0.3 is 0 Å². The van der Waals surface area contributed by atoms with E-state index in [1.165, 1.54) is 30.4 Å². The Morgan fingerprint density at radius 2 is 2.00 bits per heavy atom. The zero-order chi connectivity index (χ0) is 18.4. The molecule has 0 bridgehead atoms. The molecule has 1 heterocycles. The molecule has 4 nitrogen and oxygen atoms in total. The molecule has 1 amide bonds. The van der Waals surface area contributed by atoms with Crippen LogP contribution in [-0.2, 0) is 17.6 Å². The molecule has 138 valence electrons. The van der Waals surface area contributed by atoms with Crippen molar-refractivity contribution in [2.45, 2.75) is 58.3 Å². The van der Waals surface area contributed by atoms with Crippen molar-refractivity contribution < 1.29 is 4.79 Å². The van der Waals surface area contributed by atoms with E-state index in [9.17, 15) is 4.79 Å². The third kappa shape index (κ3) is 4.63. The number of pyridine rings is 1. The van der Waals surface area contributed by atoms with E-state index in [0.717, 1.165) is 37.2 Å². The number of rotatable bonds is 7. The minimum atomic E-state index is -0.0426. The quantitative estimate of drug-likeness (QED) is 0.752. The number of amides is 1. The molecule has 1 aromatic carbocycles. The lowest BCUT2D eigenvalue weighted by molar-refractivity contribution is -0.119. The fourth-order valence-electron chi connectivity index (χ4n) is 3.81. The van der Waals surface area contributed by atoms with Crippen molar-refractivity contribution in [3.63, 3.8) is 0 Å². The number of hydrogen-bond donors (Lipinski definition) is 1. The summed E-state index contributed by atoms with van der Waals surface area (Å²) in [4.78, 5) is 16.4. The number of nitrogens with zero attached hydrogens (tertiary/aromatic N) is 2. The largest absolute Gasteiger partial charge is 0.285 e. The molecule has 1 aliphatic carbocycles. The first-order valence-electron chi connectivity index (χ1n) is 9.75. The molecule has 4 heteroatoms. The maximum Gasteiger partial charge on any atom is 0.235 e. The van der Waals surface area contributed by atoms with Crippen LogP contribution in [0.25, 0.3) is 0 Å². The van der Waals surface area contributed by atoms with Gasteiger partial charge in [0.1, 0.15) is 0 Å². The minimum Gasteiger partial charge on any atom is -0.285 e. The lowest BCUT2D eigenvalue weighted by Crippen LogP contribution is -2.43. The number of hydrogen-bond acceptors (Lipinski definition) is 3. The predicted octanol–water partition coefficient (Wildman–Crippen LogP) is 4.40. The third-order valence-corrected chi connectivity index (χ3v) is 5.08. The number of benzene rings is 1. The van der Waals surface area contributed by atoms with E-state index in [2.05, 4.69) is 41.6 Å². The normalized spacial score (nSPS) is 14.4. The lowest BCUT2D eigenvalue weighted by atomic mass is 9.91. The molecule has 0 saturated heterocycles. The molecule has 1 atom stereocenters. The summed E-state index contributed by atoms with van der Waals surface area (Å²) >= 11 is 0. The maximum absolute atomic E-state index is 11.8. The summed E-state index contributed by atoms with van der Waals surface area (Å²) in [6, 6.07) is 12.7. The highest BCUT2D eigenvalue weighted by molar-refractivity contribution is 5.75. The van der Waals surface area contributed by atoms with E-state index >= 15 is 0 Å². The Morgan fingerprint density at radius 1 is 1.19 bits per heavy atom. The minimum absolute atomic E-state index is 0.0426. The smallest absolute Gasteiger partial charge is 0.235 e. The average Bonchev–Trinajstić information content (AvgIpc) is 2.67. The number of aromatic nitrogens is 1. The fourth-order valence-corrected chi connectivity index (χ4v) is 3.81. The van der Waals surface area contributed by atoms with Crippen LogP contribution in [0.3, 0.4) is 0 Å². The van der Waals surface area contributed by atoms with E-state index in [1.54, 1.807) is 6.92 Å². The summed E-state index contributed by atoms with van der Waals surface area (Å²) < 4.78 is 0. The Bertz CT molecular complexity index is 729. The van der Waals surface area contributed by atoms with E-state index in [1.807, 2.05) is 23.3 Å². The Kier molecular flexibility index (Phi) is 6.26. The van der Waals surface area contributed by atoms with Gasteiger partial charge in [-0.05, 0) is 67.5 Å². The Hall–Kier alpha value is -2.36. The van der Waals surface area contributed by atoms with Gasteiger partial charge in [0.25, 0.3) is 0 Å². The van der Waals surface area contributed by atoms with Gasteiger partial charge in [0.15, 0.2) is 0 Å². The van der Waals surface area contributed by atoms with Crippen LogP contribution in [0, 0.1) is 0 Å². The predicted molar refractivity (Wildman–Crippen MR) is 106 cm³/mol. The van der Waals surface area contributed by atoms with E-state index in [-0.39, 0.29) is 11.8 Å². The zero-order valence-corrected chi connectivity index (χ0v) is 15.9. The molecule has 1 unspecified atom stereocenters. The second kappa shape index (κ2) is 8.84. The van der Waals surface area contributed by atoms with Crippen molar-refractivity contribution >= 4 is 11.6 Å². The van der Waals surface area contributed by atoms with Crippen molar-refractivity contribution in [2.75, 3.05) is 11.6 Å². The fraction of sp³-hybridized carbons (Fsp3) is 0.455. The molecule has 0 aliphatic heterocycles. The van der Waals surface area contributed by atoms with Crippen molar-refractivity contribution in [3.05, 3.63) is 59.4 Å². The first kappa shape index (κ1) is 18.4. The molecule has 26 heavy (non-hydrogen) atoms. The highest BCUT2D eigenvalue weighted by Crippen LogP contribution is 2.28. The van der Waals surface area contributed by atoms with E-state index in [4.69, 9.17) is 0 Å². The lowest BCUT2D eigenvalue weighted by Gasteiger charge is -2.30. The van der Waals surface area contributed by atoms with Gasteiger partial charge in [-0.2, -0.15) is 0 Å². The second-order valence-corrected chi connectivity index (χ2v) is 7.18. The highest BCUT2D eigenvalue weighted by atomic mass is 16.2. The van der Waals surface area contributed by atoms with Crippen LogP contribution in [0.4, 0.5) is 5.69 Å². The third-order valence-electron chi connectivity index (χ3n) is 5.08. The van der Waals surface area contributed by atoms with Crippen molar-refractivity contribution in [2.24, 2.45) is 0 Å². The van der Waals surface area contributed by atoms with Gasteiger partial charge in [-0.3, -0.25) is 20.2 Å². The van der Waals surface area contributed by atoms with Crippen molar-refractivity contribution in [1.29, 1.82) is 0 Å². The molecule has 0 radical (unpaired) electrons. The van der Waals surface area contributed by atoms with Crippen LogP contribution in [0.5, 0.6) is 0 Å². The van der Waals surface area contributed by atoms with Crippen LogP contribution in [0.2, 0.25) is 0 Å². The number of aryl methyl sites for hydroxylation is 2. The molecule has 1 N–H and O–H groups in total. The topological polar surface area (TPSA) is 45.2 Å². The summed E-state index contributed by atoms with van der Waals surface area (Å²) in [6.45, 7) is 4.49. The first-order chi connectivity index (χ1) is 12.7. The van der Waals surface area contributed by atoms with Gasteiger partial charge in [0, 0.05) is 31.3 Å².